The molecule has 0 spiro atoms. The fourth-order valence-corrected chi connectivity index (χ4v) is 5.42. The normalized spacial score (nSPS) is 12.6. The Morgan fingerprint density at radius 1 is 1.00 bits per heavy atom. The molecule has 3 heterocycles. The summed E-state index contributed by atoms with van der Waals surface area (Å²) in [5, 5.41) is 4.38. The van der Waals surface area contributed by atoms with Gasteiger partial charge in [-0.2, -0.15) is 0 Å². The molecule has 0 unspecified atom stereocenters. The summed E-state index contributed by atoms with van der Waals surface area (Å²) in [6, 6.07) is 4.30. The Morgan fingerprint density at radius 2 is 1.74 bits per heavy atom. The zero-order chi connectivity index (χ0) is 22.6. The van der Waals surface area contributed by atoms with Crippen LogP contribution in [0.3, 0.4) is 0 Å². The molecule has 7 nitrogen and oxygen atoms in total. The minimum Gasteiger partial charge on any atom is -0.397 e. The molecular formula is C21H34BrN5O2Si2. The first-order valence-corrected chi connectivity index (χ1v) is 19.0. The Hall–Kier alpha value is -1.50. The summed E-state index contributed by atoms with van der Waals surface area (Å²) in [6.45, 7) is 16.0. The minimum absolute atomic E-state index is 0.432. The van der Waals surface area contributed by atoms with Crippen molar-refractivity contribution in [3.63, 3.8) is 0 Å². The molecule has 3 aromatic rings. The van der Waals surface area contributed by atoms with E-state index in [2.05, 4.69) is 69.9 Å². The highest BCUT2D eigenvalue weighted by molar-refractivity contribution is 9.10. The molecule has 0 fully saturated rings. The molecule has 0 saturated carbocycles. The van der Waals surface area contributed by atoms with E-state index < -0.39 is 16.1 Å². The van der Waals surface area contributed by atoms with Crippen LogP contribution < -0.4 is 4.84 Å². The van der Waals surface area contributed by atoms with Crippen LogP contribution in [0.25, 0.3) is 22.4 Å². The van der Waals surface area contributed by atoms with Crippen molar-refractivity contribution in [2.45, 2.75) is 64.5 Å². The predicted octanol–water partition coefficient (Wildman–Crippen LogP) is 5.53. The third-order valence-corrected chi connectivity index (χ3v) is 8.92. The number of hydrogen-bond donors (Lipinski definition) is 0. The van der Waals surface area contributed by atoms with Gasteiger partial charge in [0, 0.05) is 22.8 Å². The summed E-state index contributed by atoms with van der Waals surface area (Å²) in [6.07, 6.45) is 6.56. The van der Waals surface area contributed by atoms with Crippen LogP contribution in [0.5, 0.6) is 0 Å². The number of ether oxygens (including phenoxy) is 1. The van der Waals surface area contributed by atoms with Gasteiger partial charge in [0.2, 0.25) is 0 Å². The third-order valence-electron chi connectivity index (χ3n) is 4.93. The molecule has 3 rings (SSSR count). The lowest BCUT2D eigenvalue weighted by molar-refractivity contribution is 0.0826. The molecule has 10 heteroatoms. The molecule has 0 aromatic carbocycles. The van der Waals surface area contributed by atoms with Crippen molar-refractivity contribution < 1.29 is 9.57 Å². The van der Waals surface area contributed by atoms with Crippen LogP contribution in [-0.4, -0.2) is 53.8 Å². The molecule has 31 heavy (non-hydrogen) atoms. The van der Waals surface area contributed by atoms with Crippen molar-refractivity contribution in [1.82, 2.24) is 24.5 Å². The fraction of sp³-hybridized carbons (Fsp3) is 0.571. The van der Waals surface area contributed by atoms with Gasteiger partial charge in [-0.05, 0) is 34.5 Å². The van der Waals surface area contributed by atoms with Gasteiger partial charge in [0.05, 0.1) is 35.2 Å². The fourth-order valence-electron chi connectivity index (χ4n) is 3.14. The van der Waals surface area contributed by atoms with E-state index in [1.54, 1.807) is 11.0 Å². The quantitative estimate of drug-likeness (QED) is 0.188. The predicted molar refractivity (Wildman–Crippen MR) is 135 cm³/mol. The summed E-state index contributed by atoms with van der Waals surface area (Å²) in [7, 11) is -2.18. The van der Waals surface area contributed by atoms with Crippen LogP contribution in [0, 0.1) is 0 Å². The Bertz CT molecular complexity index is 1010. The molecule has 0 aliphatic heterocycles. The highest BCUT2D eigenvalue weighted by Crippen LogP contribution is 2.26. The number of pyridine rings is 1. The molecule has 3 aromatic heterocycles. The number of nitrogens with zero attached hydrogens (tertiary/aromatic N) is 5. The van der Waals surface area contributed by atoms with E-state index in [0.717, 1.165) is 46.1 Å². The van der Waals surface area contributed by atoms with Crippen LogP contribution >= 0.6 is 15.9 Å². The maximum Gasteiger partial charge on any atom is 0.146 e. The van der Waals surface area contributed by atoms with E-state index in [1.165, 1.54) is 6.04 Å². The van der Waals surface area contributed by atoms with Gasteiger partial charge in [-0.1, -0.05) is 45.3 Å². The van der Waals surface area contributed by atoms with E-state index in [-0.39, 0.29) is 0 Å². The van der Waals surface area contributed by atoms with Gasteiger partial charge in [-0.15, -0.1) is 9.94 Å². The Morgan fingerprint density at radius 3 is 2.45 bits per heavy atom. The van der Waals surface area contributed by atoms with E-state index in [0.29, 0.717) is 13.3 Å². The summed E-state index contributed by atoms with van der Waals surface area (Å²) >= 11 is 3.44. The van der Waals surface area contributed by atoms with Crippen molar-refractivity contribution in [3.8, 4) is 11.4 Å². The Balaban J connectivity index is 1.75. The first kappa shape index (κ1) is 24.2. The second-order valence-corrected chi connectivity index (χ2v) is 22.4. The van der Waals surface area contributed by atoms with Crippen LogP contribution in [0.15, 0.2) is 29.3 Å². The van der Waals surface area contributed by atoms with E-state index >= 15 is 0 Å². The first-order valence-electron chi connectivity index (χ1n) is 10.8. The van der Waals surface area contributed by atoms with Crippen molar-refractivity contribution >= 4 is 43.1 Å². The average molecular weight is 525 g/mol. The molecule has 0 aliphatic rings. The van der Waals surface area contributed by atoms with Gasteiger partial charge in [0.25, 0.3) is 0 Å². The monoisotopic (exact) mass is 523 g/mol. The second kappa shape index (κ2) is 9.97. The molecule has 0 radical (unpaired) electrons. The average Bonchev–Trinajstić information content (AvgIpc) is 3.25. The van der Waals surface area contributed by atoms with Crippen LogP contribution in [0.1, 0.15) is 6.42 Å². The Kier molecular flexibility index (Phi) is 7.77. The number of imidazole rings is 1. The third kappa shape index (κ3) is 7.26. The van der Waals surface area contributed by atoms with Gasteiger partial charge >= 0.3 is 0 Å². The van der Waals surface area contributed by atoms with E-state index in [1.807, 2.05) is 18.5 Å². The van der Waals surface area contributed by atoms with E-state index in [9.17, 15) is 0 Å². The number of hydrogen-bond acceptors (Lipinski definition) is 5. The standard InChI is InChI=1S/C21H34BrN5O2Si2/c1-30(2,3)10-7-8-29-27-15-17(13-24-27)21-25-18-12-20(22)23-14-19(18)26(21)16-28-9-11-31(4,5)6/h12-15H,7-11,16H2,1-6H3. The van der Waals surface area contributed by atoms with Crippen molar-refractivity contribution in [1.29, 1.82) is 0 Å². The highest BCUT2D eigenvalue weighted by atomic mass is 79.9. The van der Waals surface area contributed by atoms with Crippen LogP contribution in [0.2, 0.25) is 51.4 Å². The zero-order valence-electron chi connectivity index (χ0n) is 19.5. The molecule has 0 amide bonds. The smallest absolute Gasteiger partial charge is 0.146 e. The topological polar surface area (TPSA) is 67.0 Å². The number of fused-ring (bicyclic) bond motifs is 1. The number of halogens is 1. The maximum atomic E-state index is 6.04. The molecular weight excluding hydrogens is 490 g/mol. The summed E-state index contributed by atoms with van der Waals surface area (Å²) < 4.78 is 8.86. The SMILES string of the molecule is C[Si](C)(C)CCCOn1cc(-c2nc3cc(Br)ncc3n2COCC[Si](C)(C)C)cn1. The molecule has 0 saturated heterocycles. The molecule has 0 aliphatic carbocycles. The van der Waals surface area contributed by atoms with Gasteiger partial charge in [-0.25, -0.2) is 9.97 Å². The summed E-state index contributed by atoms with van der Waals surface area (Å²) in [5.74, 6) is 0.805. The van der Waals surface area contributed by atoms with Crippen LogP contribution in [-0.2, 0) is 11.5 Å². The molecule has 0 N–H and O–H groups in total. The maximum absolute atomic E-state index is 6.04. The van der Waals surface area contributed by atoms with Gasteiger partial charge < -0.3 is 9.57 Å². The lowest BCUT2D eigenvalue weighted by atomic mass is 10.3. The highest BCUT2D eigenvalue weighted by Gasteiger charge is 2.17. The van der Waals surface area contributed by atoms with Crippen molar-refractivity contribution in [3.05, 3.63) is 29.3 Å². The van der Waals surface area contributed by atoms with Gasteiger partial charge in [-0.3, -0.25) is 4.57 Å². The van der Waals surface area contributed by atoms with E-state index in [4.69, 9.17) is 14.6 Å². The molecule has 170 valence electrons. The second-order valence-electron chi connectivity index (χ2n) is 10.3. The summed E-state index contributed by atoms with van der Waals surface area (Å²) in [4.78, 5) is 16.6. The lowest BCUT2D eigenvalue weighted by Gasteiger charge is -2.16. The number of aromatic nitrogens is 5. The largest absolute Gasteiger partial charge is 0.397 e. The lowest BCUT2D eigenvalue weighted by Crippen LogP contribution is -2.22. The molecule has 0 bridgehead atoms. The van der Waals surface area contributed by atoms with Gasteiger partial charge in [0.1, 0.15) is 23.8 Å². The molecule has 0 atom stereocenters. The van der Waals surface area contributed by atoms with Crippen molar-refractivity contribution in [2.24, 2.45) is 0 Å². The zero-order valence-corrected chi connectivity index (χ0v) is 23.1. The summed E-state index contributed by atoms with van der Waals surface area (Å²) in [5.41, 5.74) is 2.70. The van der Waals surface area contributed by atoms with Crippen molar-refractivity contribution in [2.75, 3.05) is 13.2 Å². The Labute approximate surface area is 195 Å². The number of rotatable bonds is 11. The minimum atomic E-state index is -1.14. The van der Waals surface area contributed by atoms with Crippen LogP contribution in [0.4, 0.5) is 0 Å². The van der Waals surface area contributed by atoms with Gasteiger partial charge in [0.15, 0.2) is 0 Å². The first-order chi connectivity index (χ1) is 14.5.